The number of aliphatic imine (C=N–C) groups is 1. The average Bonchev–Trinajstić information content (AvgIpc) is 2.77. The largest absolute Gasteiger partial charge is 0.480 e. The first-order valence-electron chi connectivity index (χ1n) is 11.6. The molecule has 5 atom stereocenters. The molecular formula is C21H42N8O5. The van der Waals surface area contributed by atoms with Crippen LogP contribution >= 0.6 is 0 Å². The second kappa shape index (κ2) is 16.6. The maximum Gasteiger partial charge on any atom is 0.326 e. The lowest BCUT2D eigenvalue weighted by atomic mass is 9.98. The SMILES string of the molecule is CCC(C)C(NC(=O)C(CCCCN)NC(=O)C(CCCN=C(N)N)NC(=O)C(C)N)C(=O)O. The average molecular weight is 487 g/mol. The van der Waals surface area contributed by atoms with Gasteiger partial charge in [-0.1, -0.05) is 20.3 Å². The lowest BCUT2D eigenvalue weighted by Crippen LogP contribution is -2.57. The smallest absolute Gasteiger partial charge is 0.326 e. The van der Waals surface area contributed by atoms with Gasteiger partial charge in [0.05, 0.1) is 6.04 Å². The number of guanidine groups is 1. The predicted molar refractivity (Wildman–Crippen MR) is 129 cm³/mol. The highest BCUT2D eigenvalue weighted by atomic mass is 16.4. The Balaban J connectivity index is 5.53. The van der Waals surface area contributed by atoms with Crippen LogP contribution in [0.5, 0.6) is 0 Å². The molecule has 0 rings (SSSR count). The molecule has 13 heteroatoms. The van der Waals surface area contributed by atoms with Crippen LogP contribution in [0.4, 0.5) is 0 Å². The lowest BCUT2D eigenvalue weighted by Gasteiger charge is -2.26. The van der Waals surface area contributed by atoms with E-state index < -0.39 is 47.9 Å². The predicted octanol–water partition coefficient (Wildman–Crippen LogP) is -1.90. The topological polar surface area (TPSA) is 241 Å². The Labute approximate surface area is 200 Å². The van der Waals surface area contributed by atoms with Crippen LogP contribution in [0.15, 0.2) is 4.99 Å². The molecule has 0 saturated heterocycles. The van der Waals surface area contributed by atoms with Crippen molar-refractivity contribution < 1.29 is 24.3 Å². The third-order valence-electron chi connectivity index (χ3n) is 5.35. The van der Waals surface area contributed by atoms with E-state index in [1.165, 1.54) is 6.92 Å². The minimum atomic E-state index is -1.16. The number of nitrogens with two attached hydrogens (primary N) is 4. The molecule has 0 saturated carbocycles. The first-order valence-corrected chi connectivity index (χ1v) is 11.6. The van der Waals surface area contributed by atoms with E-state index in [-0.39, 0.29) is 31.3 Å². The van der Waals surface area contributed by atoms with Crippen LogP contribution in [0.3, 0.4) is 0 Å². The van der Waals surface area contributed by atoms with Crippen LogP contribution in [-0.4, -0.2) is 72.0 Å². The highest BCUT2D eigenvalue weighted by Gasteiger charge is 2.31. The van der Waals surface area contributed by atoms with Crippen LogP contribution in [0.25, 0.3) is 0 Å². The maximum absolute atomic E-state index is 13.0. The fourth-order valence-electron chi connectivity index (χ4n) is 3.05. The van der Waals surface area contributed by atoms with E-state index >= 15 is 0 Å². The van der Waals surface area contributed by atoms with Gasteiger partial charge in [-0.25, -0.2) is 4.79 Å². The number of hydrogen-bond donors (Lipinski definition) is 8. The maximum atomic E-state index is 13.0. The third kappa shape index (κ3) is 12.3. The van der Waals surface area contributed by atoms with Gasteiger partial charge in [-0.2, -0.15) is 0 Å². The van der Waals surface area contributed by atoms with Gasteiger partial charge in [0, 0.05) is 6.54 Å². The van der Waals surface area contributed by atoms with E-state index in [1.807, 2.05) is 6.92 Å². The summed E-state index contributed by atoms with van der Waals surface area (Å²) in [4.78, 5) is 53.5. The molecule has 5 unspecified atom stereocenters. The molecular weight excluding hydrogens is 444 g/mol. The molecule has 0 radical (unpaired) electrons. The van der Waals surface area contributed by atoms with Gasteiger partial charge in [-0.15, -0.1) is 0 Å². The van der Waals surface area contributed by atoms with Crippen molar-refractivity contribution in [1.29, 1.82) is 0 Å². The number of carbonyl (C=O) groups excluding carboxylic acids is 3. The van der Waals surface area contributed by atoms with Crippen LogP contribution in [0.2, 0.25) is 0 Å². The van der Waals surface area contributed by atoms with Gasteiger partial charge in [-0.05, 0) is 51.5 Å². The van der Waals surface area contributed by atoms with Crippen molar-refractivity contribution in [3.05, 3.63) is 0 Å². The molecule has 34 heavy (non-hydrogen) atoms. The summed E-state index contributed by atoms with van der Waals surface area (Å²) in [6, 6.07) is -3.93. The Bertz CT molecular complexity index is 697. The van der Waals surface area contributed by atoms with Crippen molar-refractivity contribution in [2.75, 3.05) is 13.1 Å². The first-order chi connectivity index (χ1) is 15.9. The molecule has 0 aromatic heterocycles. The molecule has 3 amide bonds. The zero-order valence-electron chi connectivity index (χ0n) is 20.4. The molecule has 0 bridgehead atoms. The minimum Gasteiger partial charge on any atom is -0.480 e. The molecule has 0 aromatic carbocycles. The number of hydrogen-bond acceptors (Lipinski definition) is 7. The second-order valence-electron chi connectivity index (χ2n) is 8.35. The minimum absolute atomic E-state index is 0.0912. The van der Waals surface area contributed by atoms with E-state index in [0.717, 1.165) is 0 Å². The van der Waals surface area contributed by atoms with Gasteiger partial charge < -0.3 is 44.0 Å². The number of amides is 3. The normalized spacial score (nSPS) is 15.2. The number of nitrogens with zero attached hydrogens (tertiary/aromatic N) is 1. The van der Waals surface area contributed by atoms with Crippen LogP contribution in [0.1, 0.15) is 59.3 Å². The van der Waals surface area contributed by atoms with Gasteiger partial charge in [0.25, 0.3) is 0 Å². The van der Waals surface area contributed by atoms with Gasteiger partial charge >= 0.3 is 5.97 Å². The van der Waals surface area contributed by atoms with Crippen LogP contribution in [-0.2, 0) is 19.2 Å². The number of carboxylic acids is 1. The molecule has 0 aromatic rings. The molecule has 0 spiro atoms. The van der Waals surface area contributed by atoms with E-state index in [9.17, 15) is 24.3 Å². The summed E-state index contributed by atoms with van der Waals surface area (Å²) in [5.74, 6) is -3.30. The zero-order valence-corrected chi connectivity index (χ0v) is 20.4. The Kier molecular flexibility index (Phi) is 15.2. The van der Waals surface area contributed by atoms with Crippen molar-refractivity contribution in [2.45, 2.75) is 83.5 Å². The monoisotopic (exact) mass is 486 g/mol. The number of aliphatic carboxylic acids is 1. The molecule has 0 aliphatic rings. The van der Waals surface area contributed by atoms with Crippen molar-refractivity contribution >= 4 is 29.7 Å². The number of carboxylic acid groups (broad SMARTS) is 1. The Hall–Kier alpha value is -2.93. The summed E-state index contributed by atoms with van der Waals surface area (Å²) in [7, 11) is 0. The highest BCUT2D eigenvalue weighted by Crippen LogP contribution is 2.10. The fourth-order valence-corrected chi connectivity index (χ4v) is 3.05. The summed E-state index contributed by atoms with van der Waals surface area (Å²) in [6.07, 6.45) is 2.54. The summed E-state index contributed by atoms with van der Waals surface area (Å²) in [6.45, 7) is 5.67. The van der Waals surface area contributed by atoms with E-state index in [2.05, 4.69) is 20.9 Å². The Morgan fingerprint density at radius 3 is 1.88 bits per heavy atom. The summed E-state index contributed by atoms with van der Waals surface area (Å²) in [5, 5.41) is 17.2. The Morgan fingerprint density at radius 1 is 0.882 bits per heavy atom. The molecule has 196 valence electrons. The third-order valence-corrected chi connectivity index (χ3v) is 5.35. The number of carbonyl (C=O) groups is 4. The molecule has 12 N–H and O–H groups in total. The summed E-state index contributed by atoms with van der Waals surface area (Å²) in [5.41, 5.74) is 21.8. The second-order valence-corrected chi connectivity index (χ2v) is 8.35. The van der Waals surface area contributed by atoms with Gasteiger partial charge in [0.2, 0.25) is 17.7 Å². The molecule has 0 fully saturated rings. The lowest BCUT2D eigenvalue weighted by molar-refractivity contribution is -0.144. The fraction of sp³-hybridized carbons (Fsp3) is 0.762. The van der Waals surface area contributed by atoms with Crippen molar-refractivity contribution in [3.63, 3.8) is 0 Å². The molecule has 13 nitrogen and oxygen atoms in total. The van der Waals surface area contributed by atoms with Crippen molar-refractivity contribution in [3.8, 4) is 0 Å². The molecule has 0 aliphatic heterocycles. The van der Waals surface area contributed by atoms with Crippen LogP contribution in [0, 0.1) is 5.92 Å². The molecule has 0 heterocycles. The highest BCUT2D eigenvalue weighted by molar-refractivity contribution is 5.94. The zero-order chi connectivity index (χ0) is 26.3. The van der Waals surface area contributed by atoms with Crippen molar-refractivity contribution in [2.24, 2.45) is 33.8 Å². The Morgan fingerprint density at radius 2 is 1.41 bits per heavy atom. The van der Waals surface area contributed by atoms with E-state index in [4.69, 9.17) is 22.9 Å². The van der Waals surface area contributed by atoms with Gasteiger partial charge in [0.15, 0.2) is 5.96 Å². The number of nitrogens with one attached hydrogen (secondary N) is 3. The van der Waals surface area contributed by atoms with Crippen molar-refractivity contribution in [1.82, 2.24) is 16.0 Å². The molecule has 0 aliphatic carbocycles. The summed E-state index contributed by atoms with van der Waals surface area (Å²) < 4.78 is 0. The summed E-state index contributed by atoms with van der Waals surface area (Å²) >= 11 is 0. The van der Waals surface area contributed by atoms with Gasteiger partial charge in [0.1, 0.15) is 18.1 Å². The van der Waals surface area contributed by atoms with E-state index in [1.54, 1.807) is 6.92 Å². The van der Waals surface area contributed by atoms with Crippen LogP contribution < -0.4 is 38.9 Å². The standard InChI is InChI=1S/C21H42N8O5/c1-4-12(2)16(20(33)34)29-19(32)14(8-5-6-10-22)28-18(31)15(27-17(30)13(3)23)9-7-11-26-21(24)25/h12-16H,4-11,22-23H2,1-3H3,(H,27,30)(H,28,31)(H,29,32)(H,33,34)(H4,24,25,26). The quantitative estimate of drug-likeness (QED) is 0.0649. The van der Waals surface area contributed by atoms with Gasteiger partial charge in [-0.3, -0.25) is 19.4 Å². The number of rotatable bonds is 17. The number of unbranched alkanes of at least 4 members (excludes halogenated alkanes) is 1. The first kappa shape index (κ1) is 31.1. The van der Waals surface area contributed by atoms with E-state index in [0.29, 0.717) is 32.2 Å².